The molecule has 1 atom stereocenters. The summed E-state index contributed by atoms with van der Waals surface area (Å²) in [5, 5.41) is 8.60. The maximum absolute atomic E-state index is 6.03. The standard InChI is InChI=1S/C15H19BrClN3S/c1-3-7-20-15(13(16)9-19-20)14(18-2)10-21-12-6-4-5-11(17)8-12/h4-6,8-9,14,18H,3,7,10H2,1-2H3. The topological polar surface area (TPSA) is 29.9 Å². The van der Waals surface area contributed by atoms with Crippen LogP contribution in [0.2, 0.25) is 5.02 Å². The van der Waals surface area contributed by atoms with Crippen LogP contribution >= 0.6 is 39.3 Å². The van der Waals surface area contributed by atoms with Crippen molar-refractivity contribution in [3.8, 4) is 0 Å². The van der Waals surface area contributed by atoms with Crippen LogP contribution in [0.1, 0.15) is 25.1 Å². The van der Waals surface area contributed by atoms with Gasteiger partial charge in [-0.05, 0) is 47.6 Å². The third-order valence-corrected chi connectivity index (χ3v) is 5.09. The Labute approximate surface area is 143 Å². The SMILES string of the molecule is CCCn1ncc(Br)c1C(CSc1cccc(Cl)c1)NC. The van der Waals surface area contributed by atoms with Crippen LogP contribution in [0.25, 0.3) is 0 Å². The van der Waals surface area contributed by atoms with E-state index in [1.807, 2.05) is 31.4 Å². The molecule has 0 aliphatic heterocycles. The van der Waals surface area contributed by atoms with Crippen molar-refractivity contribution in [1.82, 2.24) is 15.1 Å². The summed E-state index contributed by atoms with van der Waals surface area (Å²) in [4.78, 5) is 1.18. The molecule has 0 fully saturated rings. The third-order valence-electron chi connectivity index (χ3n) is 3.16. The van der Waals surface area contributed by atoms with E-state index < -0.39 is 0 Å². The van der Waals surface area contributed by atoms with Gasteiger partial charge >= 0.3 is 0 Å². The molecule has 6 heteroatoms. The molecule has 0 aliphatic carbocycles. The summed E-state index contributed by atoms with van der Waals surface area (Å²) in [7, 11) is 1.99. The Morgan fingerprint density at radius 3 is 2.95 bits per heavy atom. The normalized spacial score (nSPS) is 12.6. The van der Waals surface area contributed by atoms with Crippen molar-refractivity contribution >= 4 is 39.3 Å². The van der Waals surface area contributed by atoms with Gasteiger partial charge in [0.25, 0.3) is 0 Å². The zero-order valence-electron chi connectivity index (χ0n) is 12.1. The molecule has 114 valence electrons. The van der Waals surface area contributed by atoms with E-state index in [-0.39, 0.29) is 6.04 Å². The zero-order chi connectivity index (χ0) is 15.2. The molecule has 1 aromatic carbocycles. The first-order chi connectivity index (χ1) is 10.2. The summed E-state index contributed by atoms with van der Waals surface area (Å²) in [5.41, 5.74) is 1.20. The summed E-state index contributed by atoms with van der Waals surface area (Å²) < 4.78 is 3.13. The molecule has 1 unspecified atom stereocenters. The van der Waals surface area contributed by atoms with Gasteiger partial charge in [0.05, 0.1) is 22.4 Å². The Kier molecular flexibility index (Phi) is 6.61. The number of thioether (sulfide) groups is 1. The molecule has 0 aliphatic rings. The molecule has 0 bridgehead atoms. The molecule has 21 heavy (non-hydrogen) atoms. The Balaban J connectivity index is 2.11. The second kappa shape index (κ2) is 8.22. The molecular weight excluding hydrogens is 370 g/mol. The Bertz CT molecular complexity index is 588. The van der Waals surface area contributed by atoms with Crippen LogP contribution in [0.15, 0.2) is 39.8 Å². The van der Waals surface area contributed by atoms with Gasteiger partial charge in [0.15, 0.2) is 0 Å². The van der Waals surface area contributed by atoms with Gasteiger partial charge in [-0.25, -0.2) is 0 Å². The number of nitrogens with one attached hydrogen (secondary N) is 1. The van der Waals surface area contributed by atoms with E-state index in [1.165, 1.54) is 10.6 Å². The van der Waals surface area contributed by atoms with Gasteiger partial charge in [0, 0.05) is 22.2 Å². The second-order valence-electron chi connectivity index (χ2n) is 4.71. The van der Waals surface area contributed by atoms with Crippen LogP contribution in [-0.4, -0.2) is 22.6 Å². The molecule has 0 saturated heterocycles. The summed E-state index contributed by atoms with van der Waals surface area (Å²) in [6, 6.07) is 8.20. The molecule has 0 amide bonds. The van der Waals surface area contributed by atoms with Gasteiger partial charge in [-0.15, -0.1) is 11.8 Å². The maximum atomic E-state index is 6.03. The molecule has 3 nitrogen and oxygen atoms in total. The fourth-order valence-electron chi connectivity index (χ4n) is 2.14. The van der Waals surface area contributed by atoms with E-state index in [2.05, 4.69) is 44.0 Å². The highest BCUT2D eigenvalue weighted by atomic mass is 79.9. The Morgan fingerprint density at radius 2 is 2.29 bits per heavy atom. The van der Waals surface area contributed by atoms with E-state index in [0.717, 1.165) is 28.2 Å². The summed E-state index contributed by atoms with van der Waals surface area (Å²) in [5.74, 6) is 0.921. The van der Waals surface area contributed by atoms with Gasteiger partial charge in [-0.3, -0.25) is 4.68 Å². The predicted molar refractivity (Wildman–Crippen MR) is 94.2 cm³/mol. The van der Waals surface area contributed by atoms with Gasteiger partial charge in [0.1, 0.15) is 0 Å². The first-order valence-electron chi connectivity index (χ1n) is 6.92. The van der Waals surface area contributed by atoms with Crippen LogP contribution in [-0.2, 0) is 6.54 Å². The number of halogens is 2. The fourth-order valence-corrected chi connectivity index (χ4v) is 4.04. The smallest absolute Gasteiger partial charge is 0.0704 e. The highest BCUT2D eigenvalue weighted by Gasteiger charge is 2.18. The van der Waals surface area contributed by atoms with E-state index >= 15 is 0 Å². The summed E-state index contributed by atoms with van der Waals surface area (Å²) >= 11 is 11.4. The van der Waals surface area contributed by atoms with Crippen molar-refractivity contribution in [1.29, 1.82) is 0 Å². The number of hydrogen-bond acceptors (Lipinski definition) is 3. The quantitative estimate of drug-likeness (QED) is 0.693. The van der Waals surface area contributed by atoms with Crippen molar-refractivity contribution in [2.24, 2.45) is 0 Å². The van der Waals surface area contributed by atoms with Crippen molar-refractivity contribution in [3.05, 3.63) is 45.7 Å². The predicted octanol–water partition coefficient (Wildman–Crippen LogP) is 4.76. The highest BCUT2D eigenvalue weighted by molar-refractivity contribution is 9.10. The van der Waals surface area contributed by atoms with Crippen LogP contribution < -0.4 is 5.32 Å². The van der Waals surface area contributed by atoms with E-state index in [9.17, 15) is 0 Å². The van der Waals surface area contributed by atoms with Crippen LogP contribution in [0.3, 0.4) is 0 Å². The molecule has 0 radical (unpaired) electrons. The minimum absolute atomic E-state index is 0.234. The molecule has 0 spiro atoms. The lowest BCUT2D eigenvalue weighted by molar-refractivity contribution is 0.523. The first kappa shape index (κ1) is 16.9. The van der Waals surface area contributed by atoms with Crippen molar-refractivity contribution in [2.45, 2.75) is 30.8 Å². The minimum atomic E-state index is 0.234. The lowest BCUT2D eigenvalue weighted by Crippen LogP contribution is -2.23. The Hall–Kier alpha value is -0.490. The van der Waals surface area contributed by atoms with E-state index in [4.69, 9.17) is 11.6 Å². The summed E-state index contributed by atoms with van der Waals surface area (Å²) in [6.45, 7) is 3.09. The van der Waals surface area contributed by atoms with Crippen molar-refractivity contribution < 1.29 is 0 Å². The molecule has 0 saturated carbocycles. The van der Waals surface area contributed by atoms with Gasteiger partial charge in [0.2, 0.25) is 0 Å². The lowest BCUT2D eigenvalue weighted by Gasteiger charge is -2.18. The number of rotatable bonds is 7. The number of aromatic nitrogens is 2. The molecular formula is C15H19BrClN3S. The largest absolute Gasteiger partial charge is 0.311 e. The van der Waals surface area contributed by atoms with Crippen molar-refractivity contribution in [2.75, 3.05) is 12.8 Å². The first-order valence-corrected chi connectivity index (χ1v) is 9.08. The lowest BCUT2D eigenvalue weighted by atomic mass is 10.2. The van der Waals surface area contributed by atoms with Crippen molar-refractivity contribution in [3.63, 3.8) is 0 Å². The van der Waals surface area contributed by atoms with E-state index in [0.29, 0.717) is 0 Å². The average molecular weight is 389 g/mol. The third kappa shape index (κ3) is 4.49. The number of aryl methyl sites for hydroxylation is 1. The highest BCUT2D eigenvalue weighted by Crippen LogP contribution is 2.30. The van der Waals surface area contributed by atoms with Gasteiger partial charge < -0.3 is 5.32 Å². The van der Waals surface area contributed by atoms with Gasteiger partial charge in [-0.1, -0.05) is 24.6 Å². The van der Waals surface area contributed by atoms with Gasteiger partial charge in [-0.2, -0.15) is 5.10 Å². The summed E-state index contributed by atoms with van der Waals surface area (Å²) in [6.07, 6.45) is 2.94. The molecule has 2 aromatic rings. The van der Waals surface area contributed by atoms with Crippen LogP contribution in [0.5, 0.6) is 0 Å². The van der Waals surface area contributed by atoms with E-state index in [1.54, 1.807) is 11.8 Å². The monoisotopic (exact) mass is 387 g/mol. The molecule has 1 aromatic heterocycles. The molecule has 1 N–H and O–H groups in total. The molecule has 1 heterocycles. The average Bonchev–Trinajstić information content (AvgIpc) is 2.82. The number of nitrogens with zero attached hydrogens (tertiary/aromatic N) is 2. The number of hydrogen-bond donors (Lipinski definition) is 1. The minimum Gasteiger partial charge on any atom is -0.311 e. The second-order valence-corrected chi connectivity index (χ2v) is 7.09. The fraction of sp³-hybridized carbons (Fsp3) is 0.400. The molecule has 2 rings (SSSR count). The number of benzene rings is 1. The van der Waals surface area contributed by atoms with Crippen LogP contribution in [0, 0.1) is 0 Å². The maximum Gasteiger partial charge on any atom is 0.0704 e. The van der Waals surface area contributed by atoms with Crippen LogP contribution in [0.4, 0.5) is 0 Å². The zero-order valence-corrected chi connectivity index (χ0v) is 15.3. The Morgan fingerprint density at radius 1 is 1.48 bits per heavy atom.